The minimum Gasteiger partial charge on any atom is -0.496 e. The molecule has 19 heavy (non-hydrogen) atoms. The molecule has 5 heteroatoms. The molecule has 0 aliphatic heterocycles. The molecule has 0 aliphatic rings. The minimum absolute atomic E-state index is 0.123. The maximum absolute atomic E-state index is 12.1. The Balaban J connectivity index is 2.78. The van der Waals surface area contributed by atoms with Gasteiger partial charge < -0.3 is 15.8 Å². The van der Waals surface area contributed by atoms with E-state index in [0.717, 1.165) is 5.56 Å². The fraction of sp³-hybridized carbons (Fsp3) is 0.429. The smallest absolute Gasteiger partial charge is 0.225 e. The van der Waals surface area contributed by atoms with Gasteiger partial charge in [-0.2, -0.15) is 0 Å². The predicted octanol–water partition coefficient (Wildman–Crippen LogP) is 1.81. The van der Waals surface area contributed by atoms with Crippen LogP contribution in [0, 0.1) is 0 Å². The number of benzene rings is 1. The summed E-state index contributed by atoms with van der Waals surface area (Å²) in [5, 5.41) is 2.88. The van der Waals surface area contributed by atoms with Crippen LogP contribution in [0.2, 0.25) is 0 Å². The van der Waals surface area contributed by atoms with E-state index in [-0.39, 0.29) is 12.3 Å². The Bertz CT molecular complexity index is 476. The zero-order valence-electron chi connectivity index (χ0n) is 11.5. The Morgan fingerprint density at radius 3 is 2.63 bits per heavy atom. The molecule has 1 rings (SSSR count). The lowest BCUT2D eigenvalue weighted by Crippen LogP contribution is -2.54. The van der Waals surface area contributed by atoms with Crippen LogP contribution in [0.25, 0.3) is 0 Å². The van der Waals surface area contributed by atoms with Crippen molar-refractivity contribution < 1.29 is 9.53 Å². The van der Waals surface area contributed by atoms with Crippen molar-refractivity contribution in [2.75, 3.05) is 7.11 Å². The van der Waals surface area contributed by atoms with Crippen LogP contribution in [-0.2, 0) is 11.2 Å². The van der Waals surface area contributed by atoms with Crippen LogP contribution in [0.3, 0.4) is 0 Å². The summed E-state index contributed by atoms with van der Waals surface area (Å²) in [7, 11) is 1.59. The molecule has 0 aliphatic carbocycles. The Morgan fingerprint density at radius 1 is 1.47 bits per heavy atom. The molecule has 0 saturated carbocycles. The summed E-state index contributed by atoms with van der Waals surface area (Å²) in [6.45, 7) is 3.76. The van der Waals surface area contributed by atoms with Crippen molar-refractivity contribution in [2.45, 2.75) is 32.2 Å². The van der Waals surface area contributed by atoms with E-state index in [2.05, 4.69) is 5.32 Å². The lowest BCUT2D eigenvalue weighted by atomic mass is 9.98. The summed E-state index contributed by atoms with van der Waals surface area (Å²) in [4.78, 5) is 12.4. The highest BCUT2D eigenvalue weighted by atomic mass is 32.1. The third-order valence-electron chi connectivity index (χ3n) is 3.21. The van der Waals surface area contributed by atoms with Gasteiger partial charge in [-0.3, -0.25) is 4.79 Å². The third-order valence-corrected chi connectivity index (χ3v) is 3.66. The van der Waals surface area contributed by atoms with E-state index in [1.54, 1.807) is 7.11 Å². The molecule has 3 N–H and O–H groups in total. The lowest BCUT2D eigenvalue weighted by molar-refractivity contribution is -0.121. The average Bonchev–Trinajstić information content (AvgIpc) is 2.38. The molecule has 0 spiro atoms. The minimum atomic E-state index is -0.644. The first-order valence-electron chi connectivity index (χ1n) is 6.15. The molecule has 0 heterocycles. The molecule has 0 radical (unpaired) electrons. The molecule has 0 saturated heterocycles. The van der Waals surface area contributed by atoms with Crippen molar-refractivity contribution in [3.05, 3.63) is 29.8 Å². The number of nitrogens with two attached hydrogens (primary N) is 1. The molecule has 1 aromatic carbocycles. The number of methoxy groups -OCH3 is 1. The quantitative estimate of drug-likeness (QED) is 0.780. The van der Waals surface area contributed by atoms with Crippen molar-refractivity contribution in [1.82, 2.24) is 5.32 Å². The summed E-state index contributed by atoms with van der Waals surface area (Å²) in [6.07, 6.45) is 0.891. The van der Waals surface area contributed by atoms with Crippen molar-refractivity contribution >= 4 is 23.1 Å². The van der Waals surface area contributed by atoms with Crippen LogP contribution in [0.5, 0.6) is 5.75 Å². The highest BCUT2D eigenvalue weighted by Crippen LogP contribution is 2.18. The van der Waals surface area contributed by atoms with E-state index < -0.39 is 5.54 Å². The Labute approximate surface area is 119 Å². The Morgan fingerprint density at radius 2 is 2.11 bits per heavy atom. The summed E-state index contributed by atoms with van der Waals surface area (Å²) in [5.74, 6) is 0.577. The summed E-state index contributed by atoms with van der Waals surface area (Å²) >= 11 is 5.00. The predicted molar refractivity (Wildman–Crippen MR) is 80.3 cm³/mol. The van der Waals surface area contributed by atoms with Gasteiger partial charge in [-0.05, 0) is 19.4 Å². The van der Waals surface area contributed by atoms with Gasteiger partial charge in [0.2, 0.25) is 5.91 Å². The van der Waals surface area contributed by atoms with E-state index in [1.165, 1.54) is 0 Å². The first-order chi connectivity index (χ1) is 8.92. The Kier molecular flexibility index (Phi) is 5.30. The molecule has 1 amide bonds. The second kappa shape index (κ2) is 6.52. The molecule has 0 aromatic heterocycles. The van der Waals surface area contributed by atoms with Gasteiger partial charge in [-0.25, -0.2) is 0 Å². The van der Waals surface area contributed by atoms with Gasteiger partial charge in [0.05, 0.1) is 24.1 Å². The van der Waals surface area contributed by atoms with Gasteiger partial charge in [-0.1, -0.05) is 37.3 Å². The van der Waals surface area contributed by atoms with Gasteiger partial charge >= 0.3 is 0 Å². The number of carbonyl (C=O) groups is 1. The van der Waals surface area contributed by atoms with Crippen LogP contribution < -0.4 is 15.8 Å². The molecular formula is C14H20N2O2S. The lowest BCUT2D eigenvalue weighted by Gasteiger charge is -2.28. The zero-order chi connectivity index (χ0) is 14.5. The molecular weight excluding hydrogens is 260 g/mol. The fourth-order valence-electron chi connectivity index (χ4n) is 1.70. The van der Waals surface area contributed by atoms with Crippen LogP contribution in [0.1, 0.15) is 25.8 Å². The topological polar surface area (TPSA) is 64.3 Å². The molecule has 1 aromatic rings. The van der Waals surface area contributed by atoms with Crippen molar-refractivity contribution in [3.8, 4) is 5.75 Å². The van der Waals surface area contributed by atoms with Crippen LogP contribution in [-0.4, -0.2) is 23.5 Å². The standard InChI is InChI=1S/C14H20N2O2S/c1-4-14(2,13(15)19)16-12(17)9-10-7-5-6-8-11(10)18-3/h5-8H,4,9H2,1-3H3,(H2,15,19)(H,16,17). The highest BCUT2D eigenvalue weighted by molar-refractivity contribution is 7.80. The molecule has 4 nitrogen and oxygen atoms in total. The number of hydrogen-bond donors (Lipinski definition) is 2. The molecule has 0 fully saturated rings. The third kappa shape index (κ3) is 3.92. The number of amides is 1. The van der Waals surface area contributed by atoms with Crippen molar-refractivity contribution in [3.63, 3.8) is 0 Å². The number of ether oxygens (including phenoxy) is 1. The molecule has 1 atom stereocenters. The fourth-order valence-corrected chi connectivity index (χ4v) is 1.89. The van der Waals surface area contributed by atoms with E-state index in [1.807, 2.05) is 38.1 Å². The van der Waals surface area contributed by atoms with Crippen molar-refractivity contribution in [1.29, 1.82) is 0 Å². The SMILES string of the molecule is CCC(C)(NC(=O)Cc1ccccc1OC)C(N)=S. The number of hydrogen-bond acceptors (Lipinski definition) is 3. The highest BCUT2D eigenvalue weighted by Gasteiger charge is 2.27. The Hall–Kier alpha value is -1.62. The summed E-state index contributed by atoms with van der Waals surface area (Å²) < 4.78 is 5.22. The number of thiocarbonyl (C=S) groups is 1. The van der Waals surface area contributed by atoms with Crippen LogP contribution in [0.15, 0.2) is 24.3 Å². The van der Waals surface area contributed by atoms with E-state index >= 15 is 0 Å². The second-order valence-corrected chi connectivity index (χ2v) is 5.03. The second-order valence-electron chi connectivity index (χ2n) is 4.59. The van der Waals surface area contributed by atoms with Gasteiger partial charge in [0.15, 0.2) is 0 Å². The van der Waals surface area contributed by atoms with Crippen LogP contribution in [0.4, 0.5) is 0 Å². The zero-order valence-corrected chi connectivity index (χ0v) is 12.3. The average molecular weight is 280 g/mol. The van der Waals surface area contributed by atoms with Crippen LogP contribution >= 0.6 is 12.2 Å². The first kappa shape index (κ1) is 15.4. The van der Waals surface area contributed by atoms with Gasteiger partial charge in [0.1, 0.15) is 5.75 Å². The first-order valence-corrected chi connectivity index (χ1v) is 6.56. The summed E-state index contributed by atoms with van der Waals surface area (Å²) in [6, 6.07) is 7.43. The largest absolute Gasteiger partial charge is 0.496 e. The van der Waals surface area contributed by atoms with E-state index in [9.17, 15) is 4.79 Å². The summed E-state index contributed by atoms with van der Waals surface area (Å²) in [5.41, 5.74) is 5.86. The van der Waals surface area contributed by atoms with E-state index in [0.29, 0.717) is 17.2 Å². The van der Waals surface area contributed by atoms with Crippen molar-refractivity contribution in [2.24, 2.45) is 5.73 Å². The molecule has 104 valence electrons. The number of carbonyl (C=O) groups excluding carboxylic acids is 1. The number of para-hydroxylation sites is 1. The molecule has 1 unspecified atom stereocenters. The van der Waals surface area contributed by atoms with Gasteiger partial charge in [0, 0.05) is 5.56 Å². The monoisotopic (exact) mass is 280 g/mol. The maximum atomic E-state index is 12.1. The normalized spacial score (nSPS) is 13.4. The number of rotatable bonds is 6. The molecule has 0 bridgehead atoms. The van der Waals surface area contributed by atoms with E-state index in [4.69, 9.17) is 22.7 Å². The number of nitrogens with one attached hydrogen (secondary N) is 1. The van der Waals surface area contributed by atoms with Gasteiger partial charge in [0.25, 0.3) is 0 Å². The maximum Gasteiger partial charge on any atom is 0.225 e. The van der Waals surface area contributed by atoms with Gasteiger partial charge in [-0.15, -0.1) is 0 Å².